The summed E-state index contributed by atoms with van der Waals surface area (Å²) in [7, 11) is -1.99. The molecule has 0 saturated carbocycles. The molecule has 174 valence electrons. The molecule has 1 fully saturated rings. The number of nitrogens with zero attached hydrogens (tertiary/aromatic N) is 2. The summed E-state index contributed by atoms with van der Waals surface area (Å²) in [6, 6.07) is 23.0. The molecule has 0 bridgehead atoms. The summed E-state index contributed by atoms with van der Waals surface area (Å²) in [5.74, 6) is 0.892. The number of rotatable bonds is 7. The van der Waals surface area contributed by atoms with Crippen molar-refractivity contribution in [1.82, 2.24) is 4.90 Å². The van der Waals surface area contributed by atoms with Gasteiger partial charge in [-0.2, -0.15) is 0 Å². The average Bonchev–Trinajstić information content (AvgIpc) is 2.82. The fourth-order valence-electron chi connectivity index (χ4n) is 4.51. The van der Waals surface area contributed by atoms with Crippen LogP contribution in [-0.4, -0.2) is 39.6 Å². The molecule has 1 saturated heterocycles. The van der Waals surface area contributed by atoms with E-state index in [9.17, 15) is 8.42 Å². The molecule has 0 radical (unpaired) electrons. The molecule has 0 N–H and O–H groups in total. The maximum absolute atomic E-state index is 13.8. The Morgan fingerprint density at radius 1 is 0.909 bits per heavy atom. The molecule has 0 aliphatic carbocycles. The van der Waals surface area contributed by atoms with E-state index >= 15 is 0 Å². The molecule has 0 unspecified atom stereocenters. The number of ether oxygens (including phenoxy) is 1. The number of piperidine rings is 1. The van der Waals surface area contributed by atoms with Crippen LogP contribution in [0.4, 0.5) is 5.69 Å². The summed E-state index contributed by atoms with van der Waals surface area (Å²) in [5.41, 5.74) is 3.93. The zero-order chi connectivity index (χ0) is 23.4. The summed E-state index contributed by atoms with van der Waals surface area (Å²) in [5, 5.41) is 0. The highest BCUT2D eigenvalue weighted by molar-refractivity contribution is 7.92. The average molecular weight is 465 g/mol. The topological polar surface area (TPSA) is 49.9 Å². The van der Waals surface area contributed by atoms with Gasteiger partial charge in [-0.05, 0) is 62.6 Å². The number of benzene rings is 3. The van der Waals surface area contributed by atoms with Crippen LogP contribution in [-0.2, 0) is 16.6 Å². The lowest BCUT2D eigenvalue weighted by atomic mass is 10.0. The predicted octanol–water partition coefficient (Wildman–Crippen LogP) is 5.17. The molecule has 1 aliphatic heterocycles. The van der Waals surface area contributed by atoms with E-state index in [-0.39, 0.29) is 6.04 Å². The number of likely N-dealkylation sites (tertiary alicyclic amines) is 1. The zero-order valence-electron chi connectivity index (χ0n) is 19.6. The molecule has 3 aromatic carbocycles. The van der Waals surface area contributed by atoms with Gasteiger partial charge in [0.25, 0.3) is 10.0 Å². The first kappa shape index (κ1) is 23.3. The Morgan fingerprint density at radius 2 is 1.61 bits per heavy atom. The quantitative estimate of drug-likeness (QED) is 0.484. The summed E-state index contributed by atoms with van der Waals surface area (Å²) in [6.07, 6.45) is 1.54. The van der Waals surface area contributed by atoms with Gasteiger partial charge >= 0.3 is 0 Å². The Bertz CT molecular complexity index is 1180. The Balaban J connectivity index is 1.58. The second-order valence-corrected chi connectivity index (χ2v) is 10.6. The van der Waals surface area contributed by atoms with Gasteiger partial charge in [0.05, 0.1) is 17.7 Å². The van der Waals surface area contributed by atoms with Gasteiger partial charge < -0.3 is 4.74 Å². The van der Waals surface area contributed by atoms with Gasteiger partial charge in [0.2, 0.25) is 0 Å². The molecular weight excluding hydrogens is 432 g/mol. The molecule has 4 rings (SSSR count). The van der Waals surface area contributed by atoms with Gasteiger partial charge in [0.1, 0.15) is 5.75 Å². The third kappa shape index (κ3) is 5.23. The van der Waals surface area contributed by atoms with Gasteiger partial charge in [-0.15, -0.1) is 0 Å². The fraction of sp³-hybridized carbons (Fsp3) is 0.333. The van der Waals surface area contributed by atoms with Gasteiger partial charge in [0.15, 0.2) is 0 Å². The molecule has 1 aliphatic rings. The number of aryl methyl sites for hydroxylation is 2. The molecular formula is C27H32N2O3S. The van der Waals surface area contributed by atoms with E-state index in [4.69, 9.17) is 4.74 Å². The normalized spacial score (nSPS) is 15.4. The SMILES string of the molecule is COc1ccccc1CN1CCC(N(c2ccc(C)cc2)S(=O)(=O)c2cccc(C)c2)CC1. The summed E-state index contributed by atoms with van der Waals surface area (Å²) in [6.45, 7) is 6.39. The maximum atomic E-state index is 13.8. The Morgan fingerprint density at radius 3 is 2.27 bits per heavy atom. The van der Waals surface area contributed by atoms with Crippen LogP contribution < -0.4 is 9.04 Å². The third-order valence-electron chi connectivity index (χ3n) is 6.31. The van der Waals surface area contributed by atoms with Crippen molar-refractivity contribution in [3.63, 3.8) is 0 Å². The van der Waals surface area contributed by atoms with Crippen LogP contribution in [0.15, 0.2) is 77.7 Å². The Labute approximate surface area is 197 Å². The first-order valence-electron chi connectivity index (χ1n) is 11.4. The van der Waals surface area contributed by atoms with Crippen molar-refractivity contribution in [3.05, 3.63) is 89.5 Å². The van der Waals surface area contributed by atoms with Crippen molar-refractivity contribution in [2.24, 2.45) is 0 Å². The van der Waals surface area contributed by atoms with Crippen molar-refractivity contribution in [1.29, 1.82) is 0 Å². The maximum Gasteiger partial charge on any atom is 0.264 e. The lowest BCUT2D eigenvalue weighted by Gasteiger charge is -2.39. The number of methoxy groups -OCH3 is 1. The molecule has 33 heavy (non-hydrogen) atoms. The number of anilines is 1. The minimum absolute atomic E-state index is 0.0906. The van der Waals surface area contributed by atoms with Crippen LogP contribution in [0.5, 0.6) is 5.75 Å². The third-order valence-corrected chi connectivity index (χ3v) is 8.19. The number of hydrogen-bond acceptors (Lipinski definition) is 4. The van der Waals surface area contributed by atoms with E-state index < -0.39 is 10.0 Å². The van der Waals surface area contributed by atoms with E-state index in [2.05, 4.69) is 11.0 Å². The molecule has 0 amide bonds. The van der Waals surface area contributed by atoms with Crippen molar-refractivity contribution in [3.8, 4) is 5.75 Å². The highest BCUT2D eigenvalue weighted by Gasteiger charge is 2.34. The Kier molecular flexibility index (Phi) is 7.05. The van der Waals surface area contributed by atoms with Crippen LogP contribution in [0.3, 0.4) is 0 Å². The van der Waals surface area contributed by atoms with Gasteiger partial charge in [-0.1, -0.05) is 48.0 Å². The smallest absolute Gasteiger partial charge is 0.264 e. The standard InChI is InChI=1S/C27H32N2O3S/c1-21-11-13-24(14-12-21)29(33(30,31)26-9-6-7-22(2)19-26)25-15-17-28(18-16-25)20-23-8-4-5-10-27(23)32-3/h4-14,19,25H,15-18,20H2,1-3H3. The van der Waals surface area contributed by atoms with E-state index in [0.29, 0.717) is 4.90 Å². The molecule has 0 spiro atoms. The van der Waals surface area contributed by atoms with Gasteiger partial charge in [0, 0.05) is 31.2 Å². The molecule has 1 heterocycles. The number of hydrogen-bond donors (Lipinski definition) is 0. The van der Waals surface area contributed by atoms with E-state index in [1.807, 2.05) is 68.4 Å². The zero-order valence-corrected chi connectivity index (χ0v) is 20.4. The monoisotopic (exact) mass is 464 g/mol. The van der Waals surface area contributed by atoms with Crippen LogP contribution in [0.25, 0.3) is 0 Å². The predicted molar refractivity (Wildman–Crippen MR) is 133 cm³/mol. The van der Waals surface area contributed by atoms with Crippen molar-refractivity contribution in [2.45, 2.75) is 44.2 Å². The molecule has 0 aromatic heterocycles. The fourth-order valence-corrected chi connectivity index (χ4v) is 6.33. The van der Waals surface area contributed by atoms with Crippen LogP contribution in [0.2, 0.25) is 0 Å². The lowest BCUT2D eigenvalue weighted by molar-refractivity contribution is 0.204. The van der Waals surface area contributed by atoms with Gasteiger partial charge in [-0.25, -0.2) is 8.42 Å². The van der Waals surface area contributed by atoms with Crippen molar-refractivity contribution < 1.29 is 13.2 Å². The van der Waals surface area contributed by atoms with Crippen molar-refractivity contribution in [2.75, 3.05) is 24.5 Å². The molecule has 0 atom stereocenters. The summed E-state index contributed by atoms with van der Waals surface area (Å²) in [4.78, 5) is 2.72. The Hall–Kier alpha value is -2.83. The largest absolute Gasteiger partial charge is 0.496 e. The second-order valence-electron chi connectivity index (χ2n) is 8.77. The minimum atomic E-state index is -3.68. The number of para-hydroxylation sites is 1. The molecule has 6 heteroatoms. The van der Waals surface area contributed by atoms with Crippen LogP contribution in [0, 0.1) is 13.8 Å². The molecule has 5 nitrogen and oxygen atoms in total. The van der Waals surface area contributed by atoms with Crippen molar-refractivity contribution >= 4 is 15.7 Å². The highest BCUT2D eigenvalue weighted by atomic mass is 32.2. The van der Waals surface area contributed by atoms with E-state index in [1.54, 1.807) is 23.5 Å². The highest BCUT2D eigenvalue weighted by Crippen LogP contribution is 2.32. The number of sulfonamides is 1. The second kappa shape index (κ2) is 9.98. The van der Waals surface area contributed by atoms with E-state index in [1.165, 1.54) is 0 Å². The first-order chi connectivity index (χ1) is 15.9. The van der Waals surface area contributed by atoms with Crippen LogP contribution in [0.1, 0.15) is 29.5 Å². The van der Waals surface area contributed by atoms with Gasteiger partial charge in [-0.3, -0.25) is 9.21 Å². The first-order valence-corrected chi connectivity index (χ1v) is 12.8. The lowest BCUT2D eigenvalue weighted by Crippen LogP contribution is -2.47. The van der Waals surface area contributed by atoms with E-state index in [0.717, 1.165) is 60.6 Å². The summed E-state index contributed by atoms with van der Waals surface area (Å²) < 4.78 is 34.8. The molecule has 3 aromatic rings. The minimum Gasteiger partial charge on any atom is -0.496 e. The summed E-state index contributed by atoms with van der Waals surface area (Å²) >= 11 is 0. The van der Waals surface area contributed by atoms with Crippen LogP contribution >= 0.6 is 0 Å².